The number of halogens is 3. The van der Waals surface area contributed by atoms with Crippen LogP contribution in [-0.4, -0.2) is 16.6 Å². The van der Waals surface area contributed by atoms with Crippen molar-refractivity contribution in [3.05, 3.63) is 51.5 Å². The number of thioether (sulfide) groups is 1. The van der Waals surface area contributed by atoms with E-state index in [0.29, 0.717) is 25.7 Å². The molecule has 1 aromatic heterocycles. The summed E-state index contributed by atoms with van der Waals surface area (Å²) in [6, 6.07) is 10.7. The van der Waals surface area contributed by atoms with Crippen molar-refractivity contribution in [2.24, 2.45) is 0 Å². The van der Waals surface area contributed by atoms with E-state index in [1.165, 1.54) is 23.1 Å². The lowest BCUT2D eigenvalue weighted by Gasteiger charge is -2.02. The summed E-state index contributed by atoms with van der Waals surface area (Å²) in [7, 11) is 0. The second kappa shape index (κ2) is 7.28. The number of thiazole rings is 1. The standard InChI is InChI=1S/C15H9Cl3N2OS2/c16-8-1-3-10(4-2-8)22-7-13(21)19-15-20-14-11(18)5-9(17)6-12(14)23-15/h1-6H,7H2,(H,19,20,21). The van der Waals surface area contributed by atoms with E-state index in [-0.39, 0.29) is 11.7 Å². The van der Waals surface area contributed by atoms with Crippen molar-refractivity contribution in [2.75, 3.05) is 11.1 Å². The number of benzene rings is 2. The highest BCUT2D eigenvalue weighted by molar-refractivity contribution is 8.00. The number of fused-ring (bicyclic) bond motifs is 1. The van der Waals surface area contributed by atoms with Gasteiger partial charge in [-0.25, -0.2) is 4.98 Å². The minimum atomic E-state index is -0.133. The fraction of sp³-hybridized carbons (Fsp3) is 0.0667. The van der Waals surface area contributed by atoms with Gasteiger partial charge in [-0.1, -0.05) is 46.1 Å². The van der Waals surface area contributed by atoms with Gasteiger partial charge in [-0.15, -0.1) is 11.8 Å². The third kappa shape index (κ3) is 4.31. The average molecular weight is 404 g/mol. The molecule has 1 amide bonds. The van der Waals surface area contributed by atoms with Gasteiger partial charge < -0.3 is 5.32 Å². The first-order chi connectivity index (χ1) is 11.0. The number of aromatic nitrogens is 1. The molecule has 1 heterocycles. The van der Waals surface area contributed by atoms with Gasteiger partial charge in [0.15, 0.2) is 5.13 Å². The minimum absolute atomic E-state index is 0.133. The number of anilines is 1. The van der Waals surface area contributed by atoms with E-state index in [2.05, 4.69) is 10.3 Å². The van der Waals surface area contributed by atoms with Crippen LogP contribution in [0, 0.1) is 0 Å². The molecule has 0 spiro atoms. The van der Waals surface area contributed by atoms with E-state index in [0.717, 1.165) is 9.60 Å². The van der Waals surface area contributed by atoms with Crippen molar-refractivity contribution < 1.29 is 4.79 Å². The Kier molecular flexibility index (Phi) is 5.34. The number of nitrogens with one attached hydrogen (secondary N) is 1. The molecule has 0 aliphatic rings. The third-order valence-electron chi connectivity index (χ3n) is 2.84. The van der Waals surface area contributed by atoms with Crippen molar-refractivity contribution in [1.82, 2.24) is 4.98 Å². The average Bonchev–Trinajstić information content (AvgIpc) is 2.89. The summed E-state index contributed by atoms with van der Waals surface area (Å²) < 4.78 is 0.836. The second-order valence-electron chi connectivity index (χ2n) is 4.54. The summed E-state index contributed by atoms with van der Waals surface area (Å²) in [5.74, 6) is 0.151. The third-order valence-corrected chi connectivity index (χ3v) is 5.53. The largest absolute Gasteiger partial charge is 0.301 e. The quantitative estimate of drug-likeness (QED) is 0.544. The first-order valence-corrected chi connectivity index (χ1v) is 9.38. The van der Waals surface area contributed by atoms with Crippen molar-refractivity contribution in [3.63, 3.8) is 0 Å². The van der Waals surface area contributed by atoms with E-state index in [4.69, 9.17) is 34.8 Å². The Morgan fingerprint density at radius 1 is 1.13 bits per heavy atom. The van der Waals surface area contributed by atoms with Gasteiger partial charge in [0.25, 0.3) is 0 Å². The van der Waals surface area contributed by atoms with Crippen LogP contribution in [0.15, 0.2) is 41.3 Å². The van der Waals surface area contributed by atoms with Crippen LogP contribution in [0.5, 0.6) is 0 Å². The zero-order valence-corrected chi connectivity index (χ0v) is 15.4. The maximum Gasteiger partial charge on any atom is 0.236 e. The lowest BCUT2D eigenvalue weighted by atomic mass is 10.3. The normalized spacial score (nSPS) is 10.9. The van der Waals surface area contributed by atoms with Gasteiger partial charge in [0.05, 0.1) is 15.5 Å². The molecule has 23 heavy (non-hydrogen) atoms. The van der Waals surface area contributed by atoms with Crippen LogP contribution in [0.25, 0.3) is 10.2 Å². The fourth-order valence-electron chi connectivity index (χ4n) is 1.85. The number of hydrogen-bond acceptors (Lipinski definition) is 4. The molecule has 8 heteroatoms. The van der Waals surface area contributed by atoms with Crippen LogP contribution in [0.3, 0.4) is 0 Å². The van der Waals surface area contributed by atoms with Gasteiger partial charge in [0, 0.05) is 14.9 Å². The maximum atomic E-state index is 12.0. The van der Waals surface area contributed by atoms with Crippen LogP contribution in [-0.2, 0) is 4.79 Å². The molecule has 3 aromatic rings. The molecule has 0 fully saturated rings. The van der Waals surface area contributed by atoms with Gasteiger partial charge in [-0.05, 0) is 36.4 Å². The molecule has 2 aromatic carbocycles. The highest BCUT2D eigenvalue weighted by atomic mass is 35.5. The van der Waals surface area contributed by atoms with Crippen LogP contribution < -0.4 is 5.32 Å². The lowest BCUT2D eigenvalue weighted by molar-refractivity contribution is -0.113. The molecular weight excluding hydrogens is 395 g/mol. The summed E-state index contributed by atoms with van der Waals surface area (Å²) in [4.78, 5) is 17.3. The number of rotatable bonds is 4. The molecule has 118 valence electrons. The number of carbonyl (C=O) groups excluding carboxylic acids is 1. The Hall–Kier alpha value is -0.980. The topological polar surface area (TPSA) is 42.0 Å². The lowest BCUT2D eigenvalue weighted by Crippen LogP contribution is -2.13. The summed E-state index contributed by atoms with van der Waals surface area (Å²) in [6.45, 7) is 0. The summed E-state index contributed by atoms with van der Waals surface area (Å²) >= 11 is 20.7. The van der Waals surface area contributed by atoms with Gasteiger partial charge >= 0.3 is 0 Å². The number of nitrogens with zero attached hydrogens (tertiary/aromatic N) is 1. The predicted octanol–water partition coefficient (Wildman–Crippen LogP) is 5.99. The van der Waals surface area contributed by atoms with Crippen molar-refractivity contribution >= 4 is 79.2 Å². The molecular formula is C15H9Cl3N2OS2. The molecule has 3 nitrogen and oxygen atoms in total. The van der Waals surface area contributed by atoms with E-state index in [1.807, 2.05) is 12.1 Å². The second-order valence-corrected chi connectivity index (χ2v) is 7.90. The Morgan fingerprint density at radius 3 is 2.61 bits per heavy atom. The van der Waals surface area contributed by atoms with Gasteiger partial charge in [-0.3, -0.25) is 4.79 Å². The summed E-state index contributed by atoms with van der Waals surface area (Å²) in [5, 5.41) is 4.97. The predicted molar refractivity (Wildman–Crippen MR) is 100 cm³/mol. The molecule has 0 saturated carbocycles. The van der Waals surface area contributed by atoms with Crippen molar-refractivity contribution in [2.45, 2.75) is 4.90 Å². The molecule has 0 atom stereocenters. The molecule has 0 saturated heterocycles. The summed E-state index contributed by atoms with van der Waals surface area (Å²) in [6.07, 6.45) is 0. The van der Waals surface area contributed by atoms with Crippen LogP contribution >= 0.6 is 57.9 Å². The zero-order valence-electron chi connectivity index (χ0n) is 11.5. The van der Waals surface area contributed by atoms with Crippen molar-refractivity contribution in [3.8, 4) is 0 Å². The maximum absolute atomic E-state index is 12.0. The SMILES string of the molecule is O=C(CSc1ccc(Cl)cc1)Nc1nc2c(Cl)cc(Cl)cc2s1. The fourth-order valence-corrected chi connectivity index (χ4v) is 4.27. The van der Waals surface area contributed by atoms with Crippen LogP contribution in [0.2, 0.25) is 15.1 Å². The highest BCUT2D eigenvalue weighted by Gasteiger charge is 2.11. The van der Waals surface area contributed by atoms with E-state index in [9.17, 15) is 4.79 Å². The minimum Gasteiger partial charge on any atom is -0.301 e. The molecule has 0 bridgehead atoms. The molecule has 0 aliphatic carbocycles. The number of hydrogen-bond donors (Lipinski definition) is 1. The Morgan fingerprint density at radius 2 is 1.87 bits per heavy atom. The number of amides is 1. The molecule has 1 N–H and O–H groups in total. The highest BCUT2D eigenvalue weighted by Crippen LogP contribution is 2.33. The smallest absolute Gasteiger partial charge is 0.236 e. The van der Waals surface area contributed by atoms with Crippen molar-refractivity contribution in [1.29, 1.82) is 0 Å². The van der Waals surface area contributed by atoms with Crippen LogP contribution in [0.4, 0.5) is 5.13 Å². The van der Waals surface area contributed by atoms with E-state index in [1.54, 1.807) is 24.3 Å². The number of carbonyl (C=O) groups is 1. The Balaban J connectivity index is 1.65. The Bertz CT molecular complexity index is 865. The summed E-state index contributed by atoms with van der Waals surface area (Å²) in [5.41, 5.74) is 0.640. The van der Waals surface area contributed by atoms with Gasteiger partial charge in [0.2, 0.25) is 5.91 Å². The monoisotopic (exact) mass is 402 g/mol. The van der Waals surface area contributed by atoms with E-state index < -0.39 is 0 Å². The molecule has 0 radical (unpaired) electrons. The molecule has 3 rings (SSSR count). The van der Waals surface area contributed by atoms with Gasteiger partial charge in [0.1, 0.15) is 5.52 Å². The zero-order chi connectivity index (χ0) is 16.4. The van der Waals surface area contributed by atoms with E-state index >= 15 is 0 Å². The van der Waals surface area contributed by atoms with Gasteiger partial charge in [-0.2, -0.15) is 0 Å². The Labute approximate surface area is 156 Å². The first kappa shape index (κ1) is 16.9. The first-order valence-electron chi connectivity index (χ1n) is 6.45. The molecule has 0 aliphatic heterocycles. The van der Waals surface area contributed by atoms with Crippen LogP contribution in [0.1, 0.15) is 0 Å². The molecule has 0 unspecified atom stereocenters.